The predicted molar refractivity (Wildman–Crippen MR) is 202 cm³/mol. The van der Waals surface area contributed by atoms with Crippen LogP contribution < -0.4 is 0 Å². The topological polar surface area (TPSA) is 0 Å². The molecule has 6 rings (SSSR count). The van der Waals surface area contributed by atoms with Crippen LogP contribution in [0.3, 0.4) is 0 Å². The number of hydrogen-bond acceptors (Lipinski definition) is 2. The van der Waals surface area contributed by atoms with Gasteiger partial charge in [0.05, 0.1) is 9.40 Å². The summed E-state index contributed by atoms with van der Waals surface area (Å²) in [5.74, 6) is 0. The highest BCUT2D eigenvalue weighted by molar-refractivity contribution is 7.36. The zero-order chi connectivity index (χ0) is 30.1. The van der Waals surface area contributed by atoms with Gasteiger partial charge < -0.3 is 0 Å². The van der Waals surface area contributed by atoms with Gasteiger partial charge in [-0.3, -0.25) is 0 Å². The standard InChI is InChI=1S/C42H52S2/c1-3-5-7-9-11-13-15-17-19-31-21-23-33-27-37-39(29-35(33)25-31)43-42-38-28-34-24-22-32(20-18-16-14-12-10-8-6-4-2)26-36(34)30-40(38)44-41(37)42/h21-30H,3-20H2,1-2H3. The highest BCUT2D eigenvalue weighted by Crippen LogP contribution is 2.46. The average Bonchev–Trinajstić information content (AvgIpc) is 3.56. The molecule has 2 heterocycles. The molecule has 6 aromatic rings. The van der Waals surface area contributed by atoms with Crippen molar-refractivity contribution in [2.75, 3.05) is 0 Å². The molecule has 0 aliphatic heterocycles. The van der Waals surface area contributed by atoms with Gasteiger partial charge in [-0.1, -0.05) is 140 Å². The molecule has 0 radical (unpaired) electrons. The summed E-state index contributed by atoms with van der Waals surface area (Å²) in [6.45, 7) is 4.60. The van der Waals surface area contributed by atoms with E-state index >= 15 is 0 Å². The maximum Gasteiger partial charge on any atom is 0.0542 e. The average molecular weight is 621 g/mol. The third kappa shape index (κ3) is 7.68. The molecule has 0 bridgehead atoms. The smallest absolute Gasteiger partial charge is 0.0542 e. The quantitative estimate of drug-likeness (QED) is 0.0839. The fourth-order valence-corrected chi connectivity index (χ4v) is 9.78. The van der Waals surface area contributed by atoms with Gasteiger partial charge in [0.1, 0.15) is 0 Å². The molecule has 0 fully saturated rings. The molecule has 2 heteroatoms. The lowest BCUT2D eigenvalue weighted by atomic mass is 10.0. The number of rotatable bonds is 18. The Hall–Kier alpha value is -2.42. The van der Waals surface area contributed by atoms with Crippen molar-refractivity contribution >= 4 is 73.8 Å². The first-order valence-electron chi connectivity index (χ1n) is 18.0. The Labute approximate surface area is 273 Å². The van der Waals surface area contributed by atoms with Crippen LogP contribution in [0.2, 0.25) is 0 Å². The van der Waals surface area contributed by atoms with E-state index in [1.807, 2.05) is 22.7 Å². The van der Waals surface area contributed by atoms with Gasteiger partial charge in [-0.15, -0.1) is 22.7 Å². The fraction of sp³-hybridized carbons (Fsp3) is 0.476. The highest BCUT2D eigenvalue weighted by Gasteiger charge is 2.14. The maximum absolute atomic E-state index is 2.46. The number of aryl methyl sites for hydroxylation is 2. The first-order chi connectivity index (χ1) is 21.7. The van der Waals surface area contributed by atoms with E-state index in [1.54, 1.807) is 0 Å². The molecule has 0 saturated carbocycles. The molecule has 0 aliphatic rings. The predicted octanol–water partition coefficient (Wildman–Crippen LogP) is 14.9. The monoisotopic (exact) mass is 620 g/mol. The molecule has 0 nitrogen and oxygen atoms in total. The summed E-state index contributed by atoms with van der Waals surface area (Å²) in [5.41, 5.74) is 3.00. The largest absolute Gasteiger partial charge is 0.134 e. The second-order valence-corrected chi connectivity index (χ2v) is 15.5. The van der Waals surface area contributed by atoms with Gasteiger partial charge in [0.2, 0.25) is 0 Å². The van der Waals surface area contributed by atoms with E-state index in [2.05, 4.69) is 74.5 Å². The second-order valence-electron chi connectivity index (χ2n) is 13.4. The van der Waals surface area contributed by atoms with Crippen LogP contribution in [0.25, 0.3) is 51.1 Å². The number of thiophene rings is 2. The Balaban J connectivity index is 1.13. The number of fused-ring (bicyclic) bond motifs is 7. The zero-order valence-corrected chi connectivity index (χ0v) is 29.0. The summed E-state index contributed by atoms with van der Waals surface area (Å²) in [6.07, 6.45) is 24.6. The molecule has 4 aromatic carbocycles. The Morgan fingerprint density at radius 1 is 0.386 bits per heavy atom. The summed E-state index contributed by atoms with van der Waals surface area (Å²) >= 11 is 3.99. The van der Waals surface area contributed by atoms with Crippen molar-refractivity contribution in [1.82, 2.24) is 0 Å². The third-order valence-electron chi connectivity index (χ3n) is 9.76. The van der Waals surface area contributed by atoms with Crippen molar-refractivity contribution in [3.8, 4) is 0 Å². The fourth-order valence-electron chi connectivity index (χ4n) is 7.08. The SMILES string of the molecule is CCCCCCCCCCc1ccc2cc3c(cc2c1)sc1c2cc4ccc(CCCCCCCCCC)cc4cc2sc31. The Kier molecular flexibility index (Phi) is 11.3. The second kappa shape index (κ2) is 15.7. The van der Waals surface area contributed by atoms with Gasteiger partial charge >= 0.3 is 0 Å². The molecule has 0 saturated heterocycles. The maximum atomic E-state index is 2.46. The van der Waals surface area contributed by atoms with Crippen LogP contribution in [-0.4, -0.2) is 0 Å². The molecule has 232 valence electrons. The molecule has 44 heavy (non-hydrogen) atoms. The molecule has 2 aromatic heterocycles. The molecule has 0 aliphatic carbocycles. The Bertz CT molecular complexity index is 1670. The van der Waals surface area contributed by atoms with Gasteiger partial charge in [0.25, 0.3) is 0 Å². The van der Waals surface area contributed by atoms with Gasteiger partial charge in [0.15, 0.2) is 0 Å². The summed E-state index contributed by atoms with van der Waals surface area (Å²) < 4.78 is 5.81. The lowest BCUT2D eigenvalue weighted by molar-refractivity contribution is 0.575. The van der Waals surface area contributed by atoms with E-state index in [0.717, 1.165) is 0 Å². The van der Waals surface area contributed by atoms with Crippen molar-refractivity contribution in [3.05, 3.63) is 71.8 Å². The van der Waals surface area contributed by atoms with E-state index in [-0.39, 0.29) is 0 Å². The summed E-state index contributed by atoms with van der Waals surface area (Å²) in [5, 5.41) is 8.45. The Morgan fingerprint density at radius 2 is 0.773 bits per heavy atom. The van der Waals surface area contributed by atoms with Gasteiger partial charge in [0, 0.05) is 20.2 Å². The van der Waals surface area contributed by atoms with Crippen molar-refractivity contribution in [2.45, 2.75) is 129 Å². The third-order valence-corrected chi connectivity index (χ3v) is 12.3. The van der Waals surface area contributed by atoms with Crippen LogP contribution in [0.1, 0.15) is 128 Å². The van der Waals surface area contributed by atoms with Crippen molar-refractivity contribution in [3.63, 3.8) is 0 Å². The van der Waals surface area contributed by atoms with Crippen molar-refractivity contribution in [1.29, 1.82) is 0 Å². The van der Waals surface area contributed by atoms with E-state index in [0.29, 0.717) is 0 Å². The van der Waals surface area contributed by atoms with Crippen LogP contribution >= 0.6 is 22.7 Å². The van der Waals surface area contributed by atoms with Crippen LogP contribution in [0.15, 0.2) is 60.7 Å². The molecule has 0 spiro atoms. The molecule has 0 unspecified atom stereocenters. The van der Waals surface area contributed by atoms with E-state index in [4.69, 9.17) is 0 Å². The van der Waals surface area contributed by atoms with Gasteiger partial charge in [-0.05, 0) is 82.6 Å². The van der Waals surface area contributed by atoms with Gasteiger partial charge in [-0.2, -0.15) is 0 Å². The highest BCUT2D eigenvalue weighted by atomic mass is 32.1. The lowest BCUT2D eigenvalue weighted by Crippen LogP contribution is -1.87. The lowest BCUT2D eigenvalue weighted by Gasteiger charge is -2.06. The summed E-state index contributed by atoms with van der Waals surface area (Å²) in [4.78, 5) is 0. The summed E-state index contributed by atoms with van der Waals surface area (Å²) in [7, 11) is 0. The van der Waals surface area contributed by atoms with Crippen molar-refractivity contribution in [2.24, 2.45) is 0 Å². The molecule has 0 atom stereocenters. The minimum Gasteiger partial charge on any atom is -0.134 e. The number of benzene rings is 4. The normalized spacial score (nSPS) is 12.1. The minimum absolute atomic E-state index is 1.21. The number of unbranched alkanes of at least 4 members (excludes halogenated alkanes) is 14. The molecule has 0 amide bonds. The van der Waals surface area contributed by atoms with Crippen LogP contribution in [0.4, 0.5) is 0 Å². The first-order valence-corrected chi connectivity index (χ1v) is 19.6. The Morgan fingerprint density at radius 3 is 1.18 bits per heavy atom. The van der Waals surface area contributed by atoms with E-state index in [1.165, 1.54) is 178 Å². The van der Waals surface area contributed by atoms with Crippen LogP contribution in [0, 0.1) is 0 Å². The van der Waals surface area contributed by atoms with Crippen LogP contribution in [0.5, 0.6) is 0 Å². The molecule has 0 N–H and O–H groups in total. The van der Waals surface area contributed by atoms with Crippen LogP contribution in [-0.2, 0) is 12.8 Å². The zero-order valence-electron chi connectivity index (χ0n) is 27.3. The molecular formula is C42H52S2. The van der Waals surface area contributed by atoms with E-state index in [9.17, 15) is 0 Å². The first kappa shape index (κ1) is 31.6. The molecular weight excluding hydrogens is 569 g/mol. The van der Waals surface area contributed by atoms with Crippen molar-refractivity contribution < 1.29 is 0 Å². The minimum atomic E-state index is 1.21. The van der Waals surface area contributed by atoms with E-state index < -0.39 is 0 Å². The number of hydrogen-bond donors (Lipinski definition) is 0. The van der Waals surface area contributed by atoms with Gasteiger partial charge in [-0.25, -0.2) is 0 Å². The summed E-state index contributed by atoms with van der Waals surface area (Å²) in [6, 6.07) is 24.3.